The van der Waals surface area contributed by atoms with Crippen molar-refractivity contribution in [2.75, 3.05) is 11.4 Å². The first kappa shape index (κ1) is 17.2. The summed E-state index contributed by atoms with van der Waals surface area (Å²) in [5.74, 6) is 0.000260. The maximum Gasteiger partial charge on any atom is 0.251 e. The van der Waals surface area contributed by atoms with E-state index >= 15 is 0 Å². The van der Waals surface area contributed by atoms with Crippen LogP contribution >= 0.6 is 0 Å². The van der Waals surface area contributed by atoms with Gasteiger partial charge in [0.25, 0.3) is 5.91 Å². The number of anilines is 1. The molecule has 0 spiro atoms. The van der Waals surface area contributed by atoms with Gasteiger partial charge in [0, 0.05) is 24.2 Å². The van der Waals surface area contributed by atoms with Gasteiger partial charge in [-0.25, -0.2) is 0 Å². The van der Waals surface area contributed by atoms with Crippen LogP contribution in [0, 0.1) is 13.8 Å². The lowest BCUT2D eigenvalue weighted by Gasteiger charge is -2.18. The Kier molecular flexibility index (Phi) is 4.88. The summed E-state index contributed by atoms with van der Waals surface area (Å²) in [4.78, 5) is 26.3. The maximum atomic E-state index is 12.6. The summed E-state index contributed by atoms with van der Waals surface area (Å²) in [6.07, 6.45) is 1.46. The van der Waals surface area contributed by atoms with E-state index in [1.807, 2.05) is 25.1 Å². The van der Waals surface area contributed by atoms with Crippen molar-refractivity contribution >= 4 is 17.5 Å². The van der Waals surface area contributed by atoms with Gasteiger partial charge in [-0.2, -0.15) is 0 Å². The molecule has 0 bridgehead atoms. The lowest BCUT2D eigenvalue weighted by molar-refractivity contribution is -0.117. The van der Waals surface area contributed by atoms with Crippen LogP contribution in [0.25, 0.3) is 0 Å². The molecule has 1 aliphatic heterocycles. The fourth-order valence-electron chi connectivity index (χ4n) is 3.13. The quantitative estimate of drug-likeness (QED) is 0.920. The molecule has 2 amide bonds. The minimum atomic E-state index is -0.126. The number of hydrogen-bond donors (Lipinski definition) is 1. The van der Waals surface area contributed by atoms with E-state index in [1.54, 1.807) is 17.0 Å². The van der Waals surface area contributed by atoms with Gasteiger partial charge in [-0.05, 0) is 62.1 Å². The summed E-state index contributed by atoms with van der Waals surface area (Å²) in [6, 6.07) is 13.4. The molecule has 1 heterocycles. The molecule has 4 heteroatoms. The number of rotatable bonds is 4. The molecule has 1 atom stereocenters. The van der Waals surface area contributed by atoms with Crippen LogP contribution in [0.4, 0.5) is 5.69 Å². The largest absolute Gasteiger partial charge is 0.346 e. The van der Waals surface area contributed by atoms with E-state index in [2.05, 4.69) is 31.3 Å². The van der Waals surface area contributed by atoms with E-state index in [0.717, 1.165) is 24.2 Å². The smallest absolute Gasteiger partial charge is 0.251 e. The van der Waals surface area contributed by atoms with Gasteiger partial charge in [0.1, 0.15) is 0 Å². The van der Waals surface area contributed by atoms with Gasteiger partial charge < -0.3 is 10.2 Å². The number of aryl methyl sites for hydroxylation is 2. The molecule has 0 aromatic heterocycles. The van der Waals surface area contributed by atoms with Gasteiger partial charge >= 0.3 is 0 Å². The first-order valence-corrected chi connectivity index (χ1v) is 8.74. The lowest BCUT2D eigenvalue weighted by atomic mass is 10.0. The van der Waals surface area contributed by atoms with Gasteiger partial charge in [0.15, 0.2) is 0 Å². The van der Waals surface area contributed by atoms with Crippen LogP contribution in [-0.4, -0.2) is 18.4 Å². The number of carbonyl (C=O) groups is 2. The maximum absolute atomic E-state index is 12.6. The average molecular weight is 336 g/mol. The summed E-state index contributed by atoms with van der Waals surface area (Å²) in [6.45, 7) is 6.86. The molecule has 130 valence electrons. The van der Waals surface area contributed by atoms with Gasteiger partial charge in [0.05, 0.1) is 6.04 Å². The van der Waals surface area contributed by atoms with E-state index in [-0.39, 0.29) is 17.9 Å². The Morgan fingerprint density at radius 3 is 2.60 bits per heavy atom. The molecule has 2 aromatic rings. The molecular weight excluding hydrogens is 312 g/mol. The molecule has 0 radical (unpaired) electrons. The van der Waals surface area contributed by atoms with Gasteiger partial charge in [0.2, 0.25) is 5.91 Å². The second kappa shape index (κ2) is 7.09. The summed E-state index contributed by atoms with van der Waals surface area (Å²) in [7, 11) is 0. The third kappa shape index (κ3) is 3.73. The highest BCUT2D eigenvalue weighted by Crippen LogP contribution is 2.23. The molecule has 2 aromatic carbocycles. The molecule has 25 heavy (non-hydrogen) atoms. The highest BCUT2D eigenvalue weighted by atomic mass is 16.2. The van der Waals surface area contributed by atoms with E-state index in [1.165, 1.54) is 11.1 Å². The fraction of sp³-hybridized carbons (Fsp3) is 0.333. The van der Waals surface area contributed by atoms with Crippen LogP contribution in [0.2, 0.25) is 0 Å². The van der Waals surface area contributed by atoms with Crippen molar-refractivity contribution in [3.05, 3.63) is 64.7 Å². The summed E-state index contributed by atoms with van der Waals surface area (Å²) in [5, 5.41) is 3.05. The average Bonchev–Trinajstić information content (AvgIpc) is 3.03. The van der Waals surface area contributed by atoms with Crippen molar-refractivity contribution < 1.29 is 9.59 Å². The topological polar surface area (TPSA) is 49.4 Å². The van der Waals surface area contributed by atoms with Crippen LogP contribution in [0.1, 0.15) is 52.9 Å². The molecular formula is C21H24N2O2. The predicted molar refractivity (Wildman–Crippen MR) is 99.8 cm³/mol. The van der Waals surface area contributed by atoms with Crippen molar-refractivity contribution in [1.29, 1.82) is 0 Å². The minimum absolute atomic E-state index is 0.0797. The zero-order valence-corrected chi connectivity index (χ0v) is 15.0. The third-order valence-electron chi connectivity index (χ3n) is 4.87. The number of hydrogen-bond acceptors (Lipinski definition) is 2. The van der Waals surface area contributed by atoms with Crippen LogP contribution in [0.3, 0.4) is 0 Å². The minimum Gasteiger partial charge on any atom is -0.346 e. The highest BCUT2D eigenvalue weighted by Gasteiger charge is 2.22. The van der Waals surface area contributed by atoms with Crippen LogP contribution in [0.15, 0.2) is 42.5 Å². The second-order valence-electron chi connectivity index (χ2n) is 6.74. The van der Waals surface area contributed by atoms with Gasteiger partial charge in [-0.3, -0.25) is 9.59 Å². The molecule has 1 aliphatic rings. The van der Waals surface area contributed by atoms with Crippen LogP contribution in [-0.2, 0) is 4.79 Å². The highest BCUT2D eigenvalue weighted by molar-refractivity contribution is 5.99. The van der Waals surface area contributed by atoms with E-state index in [4.69, 9.17) is 0 Å². The monoisotopic (exact) mass is 336 g/mol. The normalized spacial score (nSPS) is 15.3. The fourth-order valence-corrected chi connectivity index (χ4v) is 3.13. The van der Waals surface area contributed by atoms with E-state index in [9.17, 15) is 9.59 Å². The van der Waals surface area contributed by atoms with E-state index in [0.29, 0.717) is 12.0 Å². The van der Waals surface area contributed by atoms with Gasteiger partial charge in [-0.1, -0.05) is 24.3 Å². The van der Waals surface area contributed by atoms with Crippen LogP contribution < -0.4 is 10.2 Å². The number of nitrogens with zero attached hydrogens (tertiary/aromatic N) is 1. The number of amides is 2. The zero-order chi connectivity index (χ0) is 18.0. The molecule has 1 unspecified atom stereocenters. The molecule has 3 rings (SSSR count). The zero-order valence-electron chi connectivity index (χ0n) is 15.0. The Bertz CT molecular complexity index is 813. The molecule has 0 saturated carbocycles. The van der Waals surface area contributed by atoms with Crippen LogP contribution in [0.5, 0.6) is 0 Å². The van der Waals surface area contributed by atoms with Crippen molar-refractivity contribution in [3.63, 3.8) is 0 Å². The molecule has 4 nitrogen and oxygen atoms in total. The molecule has 0 aliphatic carbocycles. The number of benzene rings is 2. The second-order valence-corrected chi connectivity index (χ2v) is 6.74. The van der Waals surface area contributed by atoms with Crippen molar-refractivity contribution in [2.45, 2.75) is 39.7 Å². The van der Waals surface area contributed by atoms with Crippen molar-refractivity contribution in [3.8, 4) is 0 Å². The summed E-state index contributed by atoms with van der Waals surface area (Å²) < 4.78 is 0. The Morgan fingerprint density at radius 2 is 1.92 bits per heavy atom. The van der Waals surface area contributed by atoms with Crippen molar-refractivity contribution in [2.24, 2.45) is 0 Å². The lowest BCUT2D eigenvalue weighted by Crippen LogP contribution is -2.28. The summed E-state index contributed by atoms with van der Waals surface area (Å²) in [5.41, 5.74) is 4.92. The first-order valence-electron chi connectivity index (χ1n) is 8.74. The third-order valence-corrected chi connectivity index (χ3v) is 4.87. The Balaban J connectivity index is 1.74. The standard InChI is InChI=1S/C21H24N2O2/c1-14-9-10-17(12-15(14)2)16(3)22-21(25)18-6-4-7-19(13-18)23-11-5-8-20(23)24/h4,6-7,9-10,12-13,16H,5,8,11H2,1-3H3,(H,22,25). The van der Waals surface area contributed by atoms with Crippen molar-refractivity contribution in [1.82, 2.24) is 5.32 Å². The first-order chi connectivity index (χ1) is 12.0. The van der Waals surface area contributed by atoms with Gasteiger partial charge in [-0.15, -0.1) is 0 Å². The van der Waals surface area contributed by atoms with E-state index < -0.39 is 0 Å². The predicted octanol–water partition coefficient (Wildman–Crippen LogP) is 3.92. The Hall–Kier alpha value is -2.62. The molecule has 1 saturated heterocycles. The number of nitrogens with one attached hydrogen (secondary N) is 1. The molecule has 1 N–H and O–H groups in total. The summed E-state index contributed by atoms with van der Waals surface area (Å²) >= 11 is 0. The number of carbonyl (C=O) groups excluding carboxylic acids is 2. The molecule has 1 fully saturated rings. The Morgan fingerprint density at radius 1 is 1.12 bits per heavy atom. The Labute approximate surface area is 148 Å². The SMILES string of the molecule is Cc1ccc(C(C)NC(=O)c2cccc(N3CCCC3=O)c2)cc1C.